The number of nitrogens with two attached hydrogens (primary N) is 1. The van der Waals surface area contributed by atoms with E-state index in [1.807, 2.05) is 0 Å². The molecule has 0 bridgehead atoms. The van der Waals surface area contributed by atoms with E-state index in [1.54, 1.807) is 0 Å². The number of nitro groups is 1. The summed E-state index contributed by atoms with van der Waals surface area (Å²) in [6, 6.07) is 3.40. The Hall–Kier alpha value is -1.71. The predicted octanol–water partition coefficient (Wildman–Crippen LogP) is 1.40. The van der Waals surface area contributed by atoms with Crippen LogP contribution in [0, 0.1) is 16.0 Å². The lowest BCUT2D eigenvalue weighted by Gasteiger charge is -2.30. The molecule has 1 aliphatic rings. The normalized spacial score (nSPS) is 21.8. The van der Waals surface area contributed by atoms with E-state index in [-0.39, 0.29) is 22.6 Å². The molecule has 1 aromatic rings. The van der Waals surface area contributed by atoms with E-state index in [4.69, 9.17) is 10.5 Å². The van der Waals surface area contributed by atoms with Gasteiger partial charge in [0.1, 0.15) is 5.75 Å². The highest BCUT2D eigenvalue weighted by Gasteiger charge is 2.32. The quantitative estimate of drug-likeness (QED) is 0.594. The lowest BCUT2D eigenvalue weighted by atomic mass is 9.85. The van der Waals surface area contributed by atoms with Crippen LogP contribution in [0.5, 0.6) is 5.75 Å². The van der Waals surface area contributed by atoms with E-state index >= 15 is 0 Å². The van der Waals surface area contributed by atoms with Crippen molar-refractivity contribution in [3.05, 3.63) is 28.3 Å². The molecule has 1 aliphatic carbocycles. The molecule has 2 atom stereocenters. The molecule has 1 saturated carbocycles. The molecule has 2 rings (SSSR count). The third-order valence-corrected chi connectivity index (χ3v) is 5.71. The number of nitrogens with one attached hydrogen (secondary N) is 1. The van der Waals surface area contributed by atoms with E-state index in [0.29, 0.717) is 13.0 Å². The van der Waals surface area contributed by atoms with Crippen LogP contribution in [-0.4, -0.2) is 33.0 Å². The van der Waals surface area contributed by atoms with Gasteiger partial charge in [-0.1, -0.05) is 12.8 Å². The Morgan fingerprint density at radius 1 is 1.39 bits per heavy atom. The highest BCUT2D eigenvalue weighted by atomic mass is 32.2. The molecule has 0 aliphatic heterocycles. The monoisotopic (exact) mass is 343 g/mol. The summed E-state index contributed by atoms with van der Waals surface area (Å²) in [4.78, 5) is 10.1. The largest absolute Gasteiger partial charge is 0.497 e. The average molecular weight is 343 g/mol. The second-order valence-corrected chi connectivity index (χ2v) is 7.28. The minimum atomic E-state index is -4.01. The summed E-state index contributed by atoms with van der Waals surface area (Å²) in [6.45, 7) is 0.387. The number of rotatable bonds is 6. The number of benzene rings is 1. The van der Waals surface area contributed by atoms with E-state index in [9.17, 15) is 18.5 Å². The van der Waals surface area contributed by atoms with Crippen molar-refractivity contribution in [2.24, 2.45) is 11.7 Å². The standard InChI is InChI=1S/C14H21N3O5S/c1-22-11-6-7-14(13(8-11)17(18)19)23(20,21)16-12-5-3-2-4-10(12)9-15/h6-8,10,12,16H,2-5,9,15H2,1H3. The number of ether oxygens (including phenoxy) is 1. The van der Waals surface area contributed by atoms with Crippen LogP contribution in [0.25, 0.3) is 0 Å². The molecule has 2 unspecified atom stereocenters. The molecule has 0 spiro atoms. The molecule has 128 valence electrons. The summed E-state index contributed by atoms with van der Waals surface area (Å²) < 4.78 is 32.7. The van der Waals surface area contributed by atoms with Crippen molar-refractivity contribution in [3.8, 4) is 5.75 Å². The number of hydrogen-bond donors (Lipinski definition) is 2. The van der Waals surface area contributed by atoms with Gasteiger partial charge in [-0.3, -0.25) is 10.1 Å². The fourth-order valence-corrected chi connectivity index (χ4v) is 4.39. The van der Waals surface area contributed by atoms with Crippen LogP contribution in [0.2, 0.25) is 0 Å². The summed E-state index contributed by atoms with van der Waals surface area (Å²) in [5, 5.41) is 11.2. The molecular formula is C14H21N3O5S. The highest BCUT2D eigenvalue weighted by Crippen LogP contribution is 2.30. The molecule has 1 fully saturated rings. The smallest absolute Gasteiger partial charge is 0.293 e. The van der Waals surface area contributed by atoms with Gasteiger partial charge in [-0.25, -0.2) is 13.1 Å². The minimum absolute atomic E-state index is 0.0517. The van der Waals surface area contributed by atoms with Gasteiger partial charge in [-0.2, -0.15) is 0 Å². The third kappa shape index (κ3) is 3.98. The maximum Gasteiger partial charge on any atom is 0.293 e. The van der Waals surface area contributed by atoms with Crippen molar-refractivity contribution in [3.63, 3.8) is 0 Å². The highest BCUT2D eigenvalue weighted by molar-refractivity contribution is 7.89. The number of nitrogens with zero attached hydrogens (tertiary/aromatic N) is 1. The van der Waals surface area contributed by atoms with Crippen LogP contribution in [0.3, 0.4) is 0 Å². The molecule has 0 radical (unpaired) electrons. The molecule has 0 heterocycles. The molecule has 3 N–H and O–H groups in total. The lowest BCUT2D eigenvalue weighted by Crippen LogP contribution is -2.44. The summed E-state index contributed by atoms with van der Waals surface area (Å²) in [7, 11) is -2.65. The molecule has 9 heteroatoms. The second kappa shape index (κ2) is 7.24. The van der Waals surface area contributed by atoms with Crippen molar-refractivity contribution in [2.75, 3.05) is 13.7 Å². The SMILES string of the molecule is COc1ccc(S(=O)(=O)NC2CCCCC2CN)c([N+](=O)[O-])c1. The van der Waals surface area contributed by atoms with Gasteiger partial charge in [-0.05, 0) is 37.4 Å². The Morgan fingerprint density at radius 3 is 2.70 bits per heavy atom. The Labute approximate surface area is 135 Å². The van der Waals surface area contributed by atoms with Gasteiger partial charge in [0.15, 0.2) is 4.90 Å². The lowest BCUT2D eigenvalue weighted by molar-refractivity contribution is -0.387. The number of sulfonamides is 1. The van der Waals surface area contributed by atoms with Crippen LogP contribution < -0.4 is 15.2 Å². The van der Waals surface area contributed by atoms with Gasteiger partial charge >= 0.3 is 0 Å². The van der Waals surface area contributed by atoms with Gasteiger partial charge in [0.2, 0.25) is 10.0 Å². The topological polar surface area (TPSA) is 125 Å². The number of nitro benzene ring substituents is 1. The first-order chi connectivity index (χ1) is 10.9. The van der Waals surface area contributed by atoms with Crippen LogP contribution >= 0.6 is 0 Å². The zero-order valence-electron chi connectivity index (χ0n) is 12.9. The van der Waals surface area contributed by atoms with Gasteiger partial charge < -0.3 is 10.5 Å². The maximum atomic E-state index is 12.6. The first-order valence-corrected chi connectivity index (χ1v) is 8.92. The molecule has 23 heavy (non-hydrogen) atoms. The summed E-state index contributed by atoms with van der Waals surface area (Å²) in [6.07, 6.45) is 3.47. The van der Waals surface area contributed by atoms with Crippen molar-refractivity contribution in [1.29, 1.82) is 0 Å². The van der Waals surface area contributed by atoms with E-state index < -0.39 is 20.6 Å². The molecule has 0 saturated heterocycles. The summed E-state index contributed by atoms with van der Waals surface area (Å²) in [5.74, 6) is 0.281. The zero-order chi connectivity index (χ0) is 17.0. The Balaban J connectivity index is 2.33. The van der Waals surface area contributed by atoms with Crippen LogP contribution in [0.1, 0.15) is 25.7 Å². The van der Waals surface area contributed by atoms with Crippen molar-refractivity contribution in [1.82, 2.24) is 4.72 Å². The predicted molar refractivity (Wildman–Crippen MR) is 84.8 cm³/mol. The van der Waals surface area contributed by atoms with Crippen molar-refractivity contribution >= 4 is 15.7 Å². The Bertz CT molecular complexity index is 677. The summed E-state index contributed by atoms with van der Waals surface area (Å²) >= 11 is 0. The molecule has 8 nitrogen and oxygen atoms in total. The van der Waals surface area contributed by atoms with Crippen molar-refractivity contribution < 1.29 is 18.1 Å². The first-order valence-electron chi connectivity index (χ1n) is 7.44. The van der Waals surface area contributed by atoms with Crippen LogP contribution in [-0.2, 0) is 10.0 Å². The second-order valence-electron chi connectivity index (χ2n) is 5.60. The van der Waals surface area contributed by atoms with E-state index in [1.165, 1.54) is 19.2 Å². The first kappa shape index (κ1) is 17.6. The van der Waals surface area contributed by atoms with Gasteiger partial charge in [0.05, 0.1) is 18.1 Å². The molecule has 0 aromatic heterocycles. The summed E-state index contributed by atoms with van der Waals surface area (Å²) in [5.41, 5.74) is 5.20. The molecule has 0 amide bonds. The van der Waals surface area contributed by atoms with Crippen molar-refractivity contribution in [2.45, 2.75) is 36.6 Å². The minimum Gasteiger partial charge on any atom is -0.497 e. The fourth-order valence-electron chi connectivity index (χ4n) is 2.90. The third-order valence-electron chi connectivity index (χ3n) is 4.17. The average Bonchev–Trinajstić information content (AvgIpc) is 2.54. The Kier molecular flexibility index (Phi) is 5.55. The molecule has 1 aromatic carbocycles. The fraction of sp³-hybridized carbons (Fsp3) is 0.571. The van der Waals surface area contributed by atoms with Crippen LogP contribution in [0.4, 0.5) is 5.69 Å². The molecular weight excluding hydrogens is 322 g/mol. The van der Waals surface area contributed by atoms with E-state index in [0.717, 1.165) is 25.3 Å². The number of hydrogen-bond acceptors (Lipinski definition) is 6. The Morgan fingerprint density at radius 2 is 2.09 bits per heavy atom. The van der Waals surface area contributed by atoms with Gasteiger partial charge in [-0.15, -0.1) is 0 Å². The van der Waals surface area contributed by atoms with Gasteiger partial charge in [0, 0.05) is 6.04 Å². The number of methoxy groups -OCH3 is 1. The maximum absolute atomic E-state index is 12.6. The van der Waals surface area contributed by atoms with Crippen LogP contribution in [0.15, 0.2) is 23.1 Å². The van der Waals surface area contributed by atoms with Gasteiger partial charge in [0.25, 0.3) is 5.69 Å². The zero-order valence-corrected chi connectivity index (χ0v) is 13.7. The van der Waals surface area contributed by atoms with E-state index in [2.05, 4.69) is 4.72 Å².